The predicted octanol–water partition coefficient (Wildman–Crippen LogP) is 5.32. The molecule has 0 saturated heterocycles. The lowest BCUT2D eigenvalue weighted by Gasteiger charge is -2.29. The third-order valence-corrected chi connectivity index (χ3v) is 5.22. The molecule has 0 aliphatic carbocycles. The molecule has 0 aromatic heterocycles. The number of non-ortho nitro benzene ring substituents is 1. The van der Waals surface area contributed by atoms with Gasteiger partial charge in [-0.2, -0.15) is 0 Å². The Morgan fingerprint density at radius 1 is 1.03 bits per heavy atom. The van der Waals surface area contributed by atoms with Crippen LogP contribution in [0, 0.1) is 10.1 Å². The molecule has 2 amide bonds. The molecule has 0 saturated carbocycles. The lowest BCUT2D eigenvalue weighted by Crippen LogP contribution is -2.38. The van der Waals surface area contributed by atoms with Crippen molar-refractivity contribution in [3.63, 3.8) is 0 Å². The number of carbonyl (C=O) groups excluding carboxylic acids is 2. The minimum Gasteiger partial charge on any atom is -0.507 e. The first-order valence-corrected chi connectivity index (χ1v) is 11.0. The van der Waals surface area contributed by atoms with Crippen molar-refractivity contribution >= 4 is 23.4 Å². The number of nitrogens with one attached hydrogen (secondary N) is 2. The van der Waals surface area contributed by atoms with E-state index in [4.69, 9.17) is 4.74 Å². The van der Waals surface area contributed by atoms with Gasteiger partial charge in [-0.05, 0) is 58.7 Å². The van der Waals surface area contributed by atoms with Crippen molar-refractivity contribution in [1.82, 2.24) is 5.32 Å². The van der Waals surface area contributed by atoms with Crippen LogP contribution >= 0.6 is 0 Å². The third kappa shape index (κ3) is 6.46. The van der Waals surface area contributed by atoms with Crippen LogP contribution in [0.1, 0.15) is 71.2 Å². The monoisotopic (exact) mass is 471 g/mol. The van der Waals surface area contributed by atoms with Crippen molar-refractivity contribution in [1.29, 1.82) is 0 Å². The molecule has 0 bridgehead atoms. The van der Waals surface area contributed by atoms with Gasteiger partial charge in [0.2, 0.25) is 0 Å². The number of ether oxygens (including phenoxy) is 1. The Labute approximate surface area is 199 Å². The molecule has 1 unspecified atom stereocenters. The first-order chi connectivity index (χ1) is 15.6. The number of hydrogen-bond acceptors (Lipinski definition) is 6. The Bertz CT molecular complexity index is 1030. The minimum absolute atomic E-state index is 0.108. The molecule has 0 radical (unpaired) electrons. The molecule has 2 rings (SSSR count). The number of phenolic OH excluding ortho intramolecular Hbond substituents is 1. The maximum absolute atomic E-state index is 12.9. The number of amides is 2. The fraction of sp³-hybridized carbons (Fsp3) is 0.440. The second kappa shape index (κ2) is 10.1. The molecule has 0 fully saturated rings. The van der Waals surface area contributed by atoms with Crippen LogP contribution in [0.15, 0.2) is 36.4 Å². The summed E-state index contributed by atoms with van der Waals surface area (Å²) in [5.41, 5.74) is 1.11. The van der Waals surface area contributed by atoms with Crippen molar-refractivity contribution < 1.29 is 24.4 Å². The largest absolute Gasteiger partial charge is 0.507 e. The van der Waals surface area contributed by atoms with Crippen LogP contribution in [0.5, 0.6) is 5.75 Å². The maximum atomic E-state index is 12.9. The van der Waals surface area contributed by atoms with Gasteiger partial charge in [-0.15, -0.1) is 0 Å². The molecular formula is C25H33N3O6. The van der Waals surface area contributed by atoms with Crippen LogP contribution in [0.4, 0.5) is 16.2 Å². The number of urea groups is 1. The SMILES string of the molecule is CCOC(=O)C(NC(=O)Nc1ccc([N+](=O)[O-])cc1)c1cc(C(C)(C)C)c(O)c(C(C)(C)C)c1. The summed E-state index contributed by atoms with van der Waals surface area (Å²) in [6.07, 6.45) is 0. The molecule has 0 heterocycles. The van der Waals surface area contributed by atoms with Gasteiger partial charge in [0.05, 0.1) is 11.5 Å². The van der Waals surface area contributed by atoms with E-state index in [2.05, 4.69) is 10.6 Å². The van der Waals surface area contributed by atoms with Crippen LogP contribution in [-0.2, 0) is 20.4 Å². The molecule has 2 aromatic carbocycles. The number of carbonyl (C=O) groups is 2. The summed E-state index contributed by atoms with van der Waals surface area (Å²) < 4.78 is 5.21. The number of benzene rings is 2. The van der Waals surface area contributed by atoms with Gasteiger partial charge in [-0.1, -0.05) is 41.5 Å². The van der Waals surface area contributed by atoms with Crippen LogP contribution in [0.25, 0.3) is 0 Å². The highest BCUT2D eigenvalue weighted by atomic mass is 16.6. The van der Waals surface area contributed by atoms with Gasteiger partial charge in [-0.25, -0.2) is 9.59 Å². The van der Waals surface area contributed by atoms with Crippen molar-refractivity contribution in [3.05, 3.63) is 63.2 Å². The first kappa shape index (κ1) is 26.6. The van der Waals surface area contributed by atoms with E-state index in [0.717, 1.165) is 0 Å². The summed E-state index contributed by atoms with van der Waals surface area (Å²) in [6.45, 7) is 13.5. The molecule has 184 valence electrons. The fourth-order valence-corrected chi connectivity index (χ4v) is 3.44. The number of nitrogens with zero attached hydrogens (tertiary/aromatic N) is 1. The Kier molecular flexibility index (Phi) is 7.92. The van der Waals surface area contributed by atoms with E-state index >= 15 is 0 Å². The van der Waals surface area contributed by atoms with Gasteiger partial charge in [0.1, 0.15) is 5.75 Å². The van der Waals surface area contributed by atoms with E-state index in [9.17, 15) is 24.8 Å². The number of anilines is 1. The number of nitro benzene ring substituents is 1. The Morgan fingerprint density at radius 2 is 1.53 bits per heavy atom. The van der Waals surface area contributed by atoms with Crippen LogP contribution in [0.3, 0.4) is 0 Å². The maximum Gasteiger partial charge on any atom is 0.333 e. The van der Waals surface area contributed by atoms with Crippen LogP contribution in [0.2, 0.25) is 0 Å². The summed E-state index contributed by atoms with van der Waals surface area (Å²) in [7, 11) is 0. The molecule has 2 aromatic rings. The minimum atomic E-state index is -1.14. The van der Waals surface area contributed by atoms with Crippen molar-refractivity contribution in [2.24, 2.45) is 0 Å². The highest BCUT2D eigenvalue weighted by Crippen LogP contribution is 2.41. The summed E-state index contributed by atoms with van der Waals surface area (Å²) in [5.74, 6) is -0.492. The molecule has 34 heavy (non-hydrogen) atoms. The van der Waals surface area contributed by atoms with Gasteiger partial charge in [0.25, 0.3) is 5.69 Å². The third-order valence-electron chi connectivity index (χ3n) is 5.22. The molecule has 1 atom stereocenters. The molecular weight excluding hydrogens is 438 g/mol. The van der Waals surface area contributed by atoms with E-state index in [0.29, 0.717) is 22.4 Å². The van der Waals surface area contributed by atoms with Crippen molar-refractivity contribution in [3.8, 4) is 5.75 Å². The van der Waals surface area contributed by atoms with E-state index in [1.54, 1.807) is 19.1 Å². The van der Waals surface area contributed by atoms with Crippen molar-refractivity contribution in [2.45, 2.75) is 65.3 Å². The molecule has 3 N–H and O–H groups in total. The van der Waals surface area contributed by atoms with Gasteiger partial charge < -0.3 is 20.5 Å². The number of hydrogen-bond donors (Lipinski definition) is 3. The summed E-state index contributed by atoms with van der Waals surface area (Å²) >= 11 is 0. The van der Waals surface area contributed by atoms with Crippen LogP contribution in [-0.4, -0.2) is 28.6 Å². The lowest BCUT2D eigenvalue weighted by molar-refractivity contribution is -0.384. The zero-order valence-electron chi connectivity index (χ0n) is 20.7. The quantitative estimate of drug-likeness (QED) is 0.297. The fourth-order valence-electron chi connectivity index (χ4n) is 3.44. The zero-order chi connectivity index (χ0) is 25.8. The number of aromatic hydroxyl groups is 1. The molecule has 0 aliphatic heterocycles. The lowest BCUT2D eigenvalue weighted by atomic mass is 9.77. The highest BCUT2D eigenvalue weighted by molar-refractivity contribution is 5.93. The number of esters is 1. The van der Waals surface area contributed by atoms with Gasteiger partial charge in [0.15, 0.2) is 6.04 Å². The smallest absolute Gasteiger partial charge is 0.333 e. The van der Waals surface area contributed by atoms with E-state index < -0.39 is 33.8 Å². The molecule has 0 spiro atoms. The van der Waals surface area contributed by atoms with Gasteiger partial charge in [-0.3, -0.25) is 10.1 Å². The number of phenols is 1. The standard InChI is InChI=1S/C25H33N3O6/c1-8-34-22(30)20(27-23(31)26-16-9-11-17(12-10-16)28(32)33)15-13-18(24(2,3)4)21(29)19(14-15)25(5,6)7/h9-14,20,29H,8H2,1-7H3,(H2,26,27,31). The predicted molar refractivity (Wildman–Crippen MR) is 130 cm³/mol. The highest BCUT2D eigenvalue weighted by Gasteiger charge is 2.31. The second-order valence-corrected chi connectivity index (χ2v) is 10.1. The number of nitro groups is 1. The molecule has 9 heteroatoms. The molecule has 0 aliphatic rings. The van der Waals surface area contributed by atoms with E-state index in [-0.39, 0.29) is 18.0 Å². The Morgan fingerprint density at radius 3 is 1.94 bits per heavy atom. The van der Waals surface area contributed by atoms with Gasteiger partial charge in [0, 0.05) is 17.8 Å². The average molecular weight is 472 g/mol. The van der Waals surface area contributed by atoms with Crippen molar-refractivity contribution in [2.75, 3.05) is 11.9 Å². The normalized spacial score (nSPS) is 12.6. The zero-order valence-corrected chi connectivity index (χ0v) is 20.7. The number of rotatable bonds is 6. The summed E-state index contributed by atoms with van der Waals surface area (Å²) in [5, 5.41) is 27.0. The molecule has 9 nitrogen and oxygen atoms in total. The van der Waals surface area contributed by atoms with E-state index in [1.165, 1.54) is 24.3 Å². The van der Waals surface area contributed by atoms with Crippen LogP contribution < -0.4 is 10.6 Å². The topological polar surface area (TPSA) is 131 Å². The average Bonchev–Trinajstić information content (AvgIpc) is 2.71. The Hall–Kier alpha value is -3.62. The van der Waals surface area contributed by atoms with E-state index in [1.807, 2.05) is 41.5 Å². The van der Waals surface area contributed by atoms with Gasteiger partial charge >= 0.3 is 12.0 Å². The summed E-state index contributed by atoms with van der Waals surface area (Å²) in [6, 6.07) is 6.92. The summed E-state index contributed by atoms with van der Waals surface area (Å²) in [4.78, 5) is 35.9. The Balaban J connectivity index is 2.47. The second-order valence-electron chi connectivity index (χ2n) is 10.1. The first-order valence-electron chi connectivity index (χ1n) is 11.0.